The molecule has 5 rings (SSSR count). The molecular formula is C26H21FN2O5S. The van der Waals surface area contributed by atoms with Gasteiger partial charge in [0.2, 0.25) is 6.79 Å². The molecule has 0 unspecified atom stereocenters. The molecule has 3 aromatic rings. The molecule has 0 aliphatic carbocycles. The lowest BCUT2D eigenvalue weighted by atomic mass is 10.1. The van der Waals surface area contributed by atoms with E-state index in [1.807, 2.05) is 37.3 Å². The second-order valence-electron chi connectivity index (χ2n) is 7.55. The normalized spacial score (nSPS) is 16.6. The van der Waals surface area contributed by atoms with Crippen LogP contribution in [-0.4, -0.2) is 24.5 Å². The van der Waals surface area contributed by atoms with Gasteiger partial charge in [-0.2, -0.15) is 0 Å². The molecule has 1 N–H and O–H groups in total. The maximum Gasteiger partial charge on any atom is 0.264 e. The second-order valence-corrected chi connectivity index (χ2v) is 8.58. The number of fused-ring (bicyclic) bond motifs is 1. The number of amidine groups is 1. The fourth-order valence-electron chi connectivity index (χ4n) is 3.48. The quantitative estimate of drug-likeness (QED) is 0.444. The first kappa shape index (κ1) is 22.8. The van der Waals surface area contributed by atoms with Crippen LogP contribution in [0.1, 0.15) is 18.1 Å². The Balaban J connectivity index is 1.32. The number of rotatable bonds is 7. The summed E-state index contributed by atoms with van der Waals surface area (Å²) < 4.78 is 36.4. The van der Waals surface area contributed by atoms with Crippen LogP contribution in [0.5, 0.6) is 23.0 Å². The molecule has 178 valence electrons. The summed E-state index contributed by atoms with van der Waals surface area (Å²) in [6, 6.07) is 17.3. The van der Waals surface area contributed by atoms with Crippen LogP contribution in [-0.2, 0) is 11.4 Å². The van der Waals surface area contributed by atoms with Gasteiger partial charge in [0.25, 0.3) is 5.91 Å². The molecule has 3 aromatic carbocycles. The van der Waals surface area contributed by atoms with Crippen molar-refractivity contribution in [1.82, 2.24) is 5.32 Å². The van der Waals surface area contributed by atoms with Gasteiger partial charge in [0.05, 0.1) is 11.5 Å². The average molecular weight is 493 g/mol. The van der Waals surface area contributed by atoms with Crippen LogP contribution in [0.25, 0.3) is 6.08 Å². The van der Waals surface area contributed by atoms with Gasteiger partial charge in [-0.15, -0.1) is 0 Å². The molecule has 2 heterocycles. The van der Waals surface area contributed by atoms with Gasteiger partial charge >= 0.3 is 0 Å². The molecule has 0 aromatic heterocycles. The zero-order chi connectivity index (χ0) is 24.2. The molecule has 1 amide bonds. The van der Waals surface area contributed by atoms with E-state index in [9.17, 15) is 9.18 Å². The summed E-state index contributed by atoms with van der Waals surface area (Å²) in [5, 5.41) is 2.99. The van der Waals surface area contributed by atoms with E-state index in [0.717, 1.165) is 28.6 Å². The summed E-state index contributed by atoms with van der Waals surface area (Å²) >= 11 is 1.15. The largest absolute Gasteiger partial charge is 0.490 e. The number of amides is 1. The molecule has 1 fully saturated rings. The average Bonchev–Trinajstić information content (AvgIpc) is 3.46. The lowest BCUT2D eigenvalue weighted by Crippen LogP contribution is -2.19. The third kappa shape index (κ3) is 5.25. The molecule has 0 radical (unpaired) electrons. The van der Waals surface area contributed by atoms with E-state index in [2.05, 4.69) is 10.3 Å². The fourth-order valence-corrected chi connectivity index (χ4v) is 4.31. The van der Waals surface area contributed by atoms with Crippen LogP contribution in [0, 0.1) is 5.82 Å². The number of aliphatic imine (C=N–C) groups is 1. The Morgan fingerprint density at radius 3 is 2.77 bits per heavy atom. The number of benzene rings is 3. The maximum atomic E-state index is 13.9. The zero-order valence-electron chi connectivity index (χ0n) is 18.7. The molecular weight excluding hydrogens is 471 g/mol. The fraction of sp³-hybridized carbons (Fsp3) is 0.154. The Morgan fingerprint density at radius 1 is 1.06 bits per heavy atom. The minimum atomic E-state index is -0.454. The first-order chi connectivity index (χ1) is 17.1. The molecule has 0 saturated carbocycles. The minimum Gasteiger partial charge on any atom is -0.490 e. The van der Waals surface area contributed by atoms with E-state index in [4.69, 9.17) is 18.9 Å². The molecule has 2 aliphatic rings. The number of nitrogens with one attached hydrogen (secondary N) is 1. The Hall–Kier alpha value is -3.98. The number of nitrogens with zero attached hydrogens (tertiary/aromatic N) is 1. The molecule has 0 spiro atoms. The molecule has 0 atom stereocenters. The third-order valence-electron chi connectivity index (χ3n) is 5.12. The summed E-state index contributed by atoms with van der Waals surface area (Å²) in [7, 11) is 0. The summed E-state index contributed by atoms with van der Waals surface area (Å²) in [5.74, 6) is 1.81. The highest BCUT2D eigenvalue weighted by Crippen LogP contribution is 2.35. The topological polar surface area (TPSA) is 78.4 Å². The predicted octanol–water partition coefficient (Wildman–Crippen LogP) is 5.42. The summed E-state index contributed by atoms with van der Waals surface area (Å²) in [5.41, 5.74) is 1.86. The highest BCUT2D eigenvalue weighted by Gasteiger charge is 2.24. The highest BCUT2D eigenvalue weighted by atomic mass is 32.2. The molecule has 9 heteroatoms. The van der Waals surface area contributed by atoms with Crippen molar-refractivity contribution in [3.05, 3.63) is 82.5 Å². The minimum absolute atomic E-state index is 0.166. The van der Waals surface area contributed by atoms with Gasteiger partial charge in [0.1, 0.15) is 18.1 Å². The van der Waals surface area contributed by atoms with E-state index in [0.29, 0.717) is 40.5 Å². The number of carbonyl (C=O) groups is 1. The maximum absolute atomic E-state index is 13.9. The van der Waals surface area contributed by atoms with E-state index in [1.54, 1.807) is 30.3 Å². The number of hydrogen-bond acceptors (Lipinski definition) is 7. The van der Waals surface area contributed by atoms with E-state index in [1.165, 1.54) is 6.07 Å². The lowest BCUT2D eigenvalue weighted by Gasteiger charge is -2.13. The predicted molar refractivity (Wildman–Crippen MR) is 132 cm³/mol. The number of halogens is 1. The third-order valence-corrected chi connectivity index (χ3v) is 6.03. The van der Waals surface area contributed by atoms with Gasteiger partial charge in [-0.05, 0) is 72.3 Å². The van der Waals surface area contributed by atoms with Crippen molar-refractivity contribution in [2.45, 2.75) is 13.5 Å². The Morgan fingerprint density at radius 2 is 1.91 bits per heavy atom. The number of carbonyl (C=O) groups excluding carboxylic acids is 1. The van der Waals surface area contributed by atoms with E-state index in [-0.39, 0.29) is 18.4 Å². The Bertz CT molecular complexity index is 1340. The van der Waals surface area contributed by atoms with E-state index >= 15 is 0 Å². The number of ether oxygens (including phenoxy) is 4. The number of para-hydroxylation sites is 1. The SMILES string of the molecule is CCOc1cc(/C=C2\SC(=Nc3ccccc3F)NC2=O)ccc1OCc1ccc2c(c1)OCO2. The van der Waals surface area contributed by atoms with Crippen LogP contribution in [0.2, 0.25) is 0 Å². The van der Waals surface area contributed by atoms with Gasteiger partial charge in [0.15, 0.2) is 28.2 Å². The van der Waals surface area contributed by atoms with Gasteiger partial charge < -0.3 is 24.3 Å². The molecule has 35 heavy (non-hydrogen) atoms. The number of hydrogen-bond donors (Lipinski definition) is 1. The van der Waals surface area contributed by atoms with Crippen molar-refractivity contribution in [2.24, 2.45) is 4.99 Å². The van der Waals surface area contributed by atoms with Crippen LogP contribution >= 0.6 is 11.8 Å². The zero-order valence-corrected chi connectivity index (χ0v) is 19.6. The van der Waals surface area contributed by atoms with Crippen molar-refractivity contribution < 1.29 is 28.1 Å². The summed E-state index contributed by atoms with van der Waals surface area (Å²) in [4.78, 5) is 17.1. The Kier molecular flexibility index (Phi) is 6.58. The van der Waals surface area contributed by atoms with Crippen LogP contribution in [0.3, 0.4) is 0 Å². The highest BCUT2D eigenvalue weighted by molar-refractivity contribution is 8.18. The van der Waals surface area contributed by atoms with E-state index < -0.39 is 5.82 Å². The van der Waals surface area contributed by atoms with Crippen molar-refractivity contribution in [3.8, 4) is 23.0 Å². The molecule has 7 nitrogen and oxygen atoms in total. The van der Waals surface area contributed by atoms with Crippen molar-refractivity contribution in [2.75, 3.05) is 13.4 Å². The molecule has 0 bridgehead atoms. The standard InChI is InChI=1S/C26H21FN2O5S/c1-2-31-22-11-16(7-9-20(22)32-14-17-8-10-21-23(12-17)34-15-33-21)13-24-25(30)29-26(35-24)28-19-6-4-3-5-18(19)27/h3-13H,2,14-15H2,1H3,(H,28,29,30)/b24-13-. The van der Waals surface area contributed by atoms with Crippen LogP contribution in [0.4, 0.5) is 10.1 Å². The number of thioether (sulfide) groups is 1. The smallest absolute Gasteiger partial charge is 0.264 e. The molecule has 2 aliphatic heterocycles. The lowest BCUT2D eigenvalue weighted by molar-refractivity contribution is -0.115. The van der Waals surface area contributed by atoms with Gasteiger partial charge in [-0.25, -0.2) is 9.38 Å². The van der Waals surface area contributed by atoms with Crippen molar-refractivity contribution in [1.29, 1.82) is 0 Å². The van der Waals surface area contributed by atoms with Crippen molar-refractivity contribution >= 4 is 34.6 Å². The monoisotopic (exact) mass is 492 g/mol. The van der Waals surface area contributed by atoms with Crippen molar-refractivity contribution in [3.63, 3.8) is 0 Å². The summed E-state index contributed by atoms with van der Waals surface area (Å²) in [6.45, 7) is 2.89. The second kappa shape index (κ2) is 10.1. The van der Waals surface area contributed by atoms with Crippen LogP contribution in [0.15, 0.2) is 70.6 Å². The summed E-state index contributed by atoms with van der Waals surface area (Å²) in [6.07, 6.45) is 1.73. The Labute approximate surface area is 205 Å². The molecule has 1 saturated heterocycles. The van der Waals surface area contributed by atoms with Crippen LogP contribution < -0.4 is 24.3 Å². The van der Waals surface area contributed by atoms with Gasteiger partial charge in [-0.3, -0.25) is 4.79 Å². The first-order valence-electron chi connectivity index (χ1n) is 10.9. The van der Waals surface area contributed by atoms with Gasteiger partial charge in [-0.1, -0.05) is 24.3 Å². The van der Waals surface area contributed by atoms with Gasteiger partial charge in [0, 0.05) is 0 Å². The first-order valence-corrected chi connectivity index (χ1v) is 11.7.